The zero-order valence-corrected chi connectivity index (χ0v) is 11.1. The van der Waals surface area contributed by atoms with E-state index in [1.165, 1.54) is 0 Å². The fourth-order valence-electron chi connectivity index (χ4n) is 2.23. The third-order valence-corrected chi connectivity index (χ3v) is 3.47. The molecular formula is C15H19NO3. The molecule has 4 heteroatoms. The van der Waals surface area contributed by atoms with E-state index in [1.807, 2.05) is 30.3 Å². The zero-order chi connectivity index (χ0) is 13.8. The van der Waals surface area contributed by atoms with Gasteiger partial charge in [0.15, 0.2) is 0 Å². The van der Waals surface area contributed by atoms with Crippen molar-refractivity contribution in [1.29, 1.82) is 0 Å². The molecule has 1 fully saturated rings. The van der Waals surface area contributed by atoms with E-state index in [0.29, 0.717) is 12.8 Å². The molecule has 1 aliphatic rings. The van der Waals surface area contributed by atoms with Crippen LogP contribution in [0, 0.1) is 0 Å². The third kappa shape index (κ3) is 3.56. The molecule has 1 aliphatic carbocycles. The van der Waals surface area contributed by atoms with Gasteiger partial charge in [0.05, 0.1) is 0 Å². The van der Waals surface area contributed by atoms with Gasteiger partial charge in [-0.2, -0.15) is 0 Å². The number of benzene rings is 1. The Morgan fingerprint density at radius 2 is 1.95 bits per heavy atom. The van der Waals surface area contributed by atoms with Gasteiger partial charge in [0.25, 0.3) is 0 Å². The van der Waals surface area contributed by atoms with Crippen LogP contribution in [0.4, 0.5) is 0 Å². The van der Waals surface area contributed by atoms with Crippen LogP contribution in [-0.4, -0.2) is 34.0 Å². The van der Waals surface area contributed by atoms with E-state index in [0.717, 1.165) is 18.4 Å². The van der Waals surface area contributed by atoms with Crippen molar-refractivity contribution < 1.29 is 14.7 Å². The summed E-state index contributed by atoms with van der Waals surface area (Å²) in [6, 6.07) is 9.19. The van der Waals surface area contributed by atoms with Crippen LogP contribution in [0.3, 0.4) is 0 Å². The van der Waals surface area contributed by atoms with Crippen molar-refractivity contribution in [2.75, 3.05) is 0 Å². The lowest BCUT2D eigenvalue weighted by atomic mass is 10.1. The fourth-order valence-corrected chi connectivity index (χ4v) is 2.23. The number of aliphatic carboxylic acids is 1. The Kier molecular flexibility index (Phi) is 4.20. The van der Waals surface area contributed by atoms with Gasteiger partial charge in [-0.15, -0.1) is 0 Å². The molecule has 0 aromatic heterocycles. The third-order valence-electron chi connectivity index (χ3n) is 3.47. The van der Waals surface area contributed by atoms with Gasteiger partial charge in [-0.1, -0.05) is 30.3 Å². The number of hydrogen-bond donors (Lipinski definition) is 1. The first-order valence-electron chi connectivity index (χ1n) is 6.67. The molecule has 1 amide bonds. The lowest BCUT2D eigenvalue weighted by Crippen LogP contribution is -2.44. The van der Waals surface area contributed by atoms with Crippen LogP contribution >= 0.6 is 0 Å². The Hall–Kier alpha value is -1.84. The SMILES string of the molecule is CC(C(=O)O)N(C(=O)CCc1ccccc1)C1CC1. The molecule has 102 valence electrons. The highest BCUT2D eigenvalue weighted by molar-refractivity contribution is 5.84. The van der Waals surface area contributed by atoms with E-state index in [1.54, 1.807) is 11.8 Å². The Balaban J connectivity index is 1.95. The number of hydrogen-bond acceptors (Lipinski definition) is 2. The van der Waals surface area contributed by atoms with Crippen molar-refractivity contribution in [1.82, 2.24) is 4.90 Å². The first-order chi connectivity index (χ1) is 9.09. The quantitative estimate of drug-likeness (QED) is 0.853. The number of carboxylic acids is 1. The van der Waals surface area contributed by atoms with Gasteiger partial charge in [-0.05, 0) is 31.7 Å². The molecule has 0 heterocycles. The molecule has 4 nitrogen and oxygen atoms in total. The molecule has 0 spiro atoms. The second kappa shape index (κ2) is 5.87. The van der Waals surface area contributed by atoms with Gasteiger partial charge in [-0.3, -0.25) is 4.79 Å². The normalized spacial score (nSPS) is 15.8. The minimum Gasteiger partial charge on any atom is -0.480 e. The van der Waals surface area contributed by atoms with E-state index >= 15 is 0 Å². The molecule has 1 aromatic rings. The molecule has 1 unspecified atom stereocenters. The second-order valence-electron chi connectivity index (χ2n) is 5.03. The molecule has 0 radical (unpaired) electrons. The summed E-state index contributed by atoms with van der Waals surface area (Å²) >= 11 is 0. The highest BCUT2D eigenvalue weighted by atomic mass is 16.4. The Labute approximate surface area is 113 Å². The summed E-state index contributed by atoms with van der Waals surface area (Å²) in [7, 11) is 0. The lowest BCUT2D eigenvalue weighted by Gasteiger charge is -2.26. The fraction of sp³-hybridized carbons (Fsp3) is 0.467. The summed E-state index contributed by atoms with van der Waals surface area (Å²) < 4.78 is 0. The van der Waals surface area contributed by atoms with Crippen molar-refractivity contribution in [2.45, 2.75) is 44.7 Å². The number of carbonyl (C=O) groups excluding carboxylic acids is 1. The molecule has 0 bridgehead atoms. The average molecular weight is 261 g/mol. The molecule has 1 saturated carbocycles. The van der Waals surface area contributed by atoms with Crippen molar-refractivity contribution >= 4 is 11.9 Å². The monoisotopic (exact) mass is 261 g/mol. The molecule has 2 rings (SSSR count). The van der Waals surface area contributed by atoms with Gasteiger partial charge in [0, 0.05) is 12.5 Å². The van der Waals surface area contributed by atoms with Crippen molar-refractivity contribution in [3.05, 3.63) is 35.9 Å². The number of aryl methyl sites for hydroxylation is 1. The number of rotatable bonds is 6. The maximum atomic E-state index is 12.2. The van der Waals surface area contributed by atoms with E-state index in [-0.39, 0.29) is 11.9 Å². The number of carbonyl (C=O) groups is 2. The lowest BCUT2D eigenvalue weighted by molar-refractivity contribution is -0.150. The number of amides is 1. The number of carboxylic acid groups (broad SMARTS) is 1. The van der Waals surface area contributed by atoms with Crippen LogP contribution in [0.15, 0.2) is 30.3 Å². The van der Waals surface area contributed by atoms with Gasteiger partial charge >= 0.3 is 5.97 Å². The topological polar surface area (TPSA) is 57.6 Å². The molecule has 1 atom stereocenters. The number of nitrogens with zero attached hydrogens (tertiary/aromatic N) is 1. The Morgan fingerprint density at radius 3 is 2.47 bits per heavy atom. The predicted octanol–water partition coefficient (Wildman–Crippen LogP) is 2.08. The summed E-state index contributed by atoms with van der Waals surface area (Å²) in [5, 5.41) is 9.07. The predicted molar refractivity (Wildman–Crippen MR) is 71.7 cm³/mol. The van der Waals surface area contributed by atoms with E-state index in [9.17, 15) is 9.59 Å². The summed E-state index contributed by atoms with van der Waals surface area (Å²) in [5.41, 5.74) is 1.11. The van der Waals surface area contributed by atoms with Gasteiger partial charge in [0.1, 0.15) is 6.04 Å². The molecule has 19 heavy (non-hydrogen) atoms. The molecule has 0 aliphatic heterocycles. The molecule has 1 N–H and O–H groups in total. The molecular weight excluding hydrogens is 242 g/mol. The van der Waals surface area contributed by atoms with Crippen LogP contribution in [0.5, 0.6) is 0 Å². The summed E-state index contributed by atoms with van der Waals surface area (Å²) in [4.78, 5) is 24.8. The van der Waals surface area contributed by atoms with E-state index in [4.69, 9.17) is 5.11 Å². The summed E-state index contributed by atoms with van der Waals surface area (Å²) in [5.74, 6) is -0.985. The van der Waals surface area contributed by atoms with Gasteiger partial charge < -0.3 is 10.0 Å². The Bertz CT molecular complexity index is 454. The first kappa shape index (κ1) is 13.6. The first-order valence-corrected chi connectivity index (χ1v) is 6.67. The van der Waals surface area contributed by atoms with Crippen molar-refractivity contribution in [3.8, 4) is 0 Å². The molecule has 1 aromatic carbocycles. The molecule has 0 saturated heterocycles. The summed E-state index contributed by atoms with van der Waals surface area (Å²) in [6.07, 6.45) is 2.89. The van der Waals surface area contributed by atoms with Crippen LogP contribution in [-0.2, 0) is 16.0 Å². The maximum Gasteiger partial charge on any atom is 0.326 e. The van der Waals surface area contributed by atoms with Crippen molar-refractivity contribution in [3.63, 3.8) is 0 Å². The second-order valence-corrected chi connectivity index (χ2v) is 5.03. The Morgan fingerprint density at radius 1 is 1.32 bits per heavy atom. The standard InChI is InChI=1S/C15H19NO3/c1-11(15(18)19)16(13-8-9-13)14(17)10-7-12-5-3-2-4-6-12/h2-6,11,13H,7-10H2,1H3,(H,18,19). The van der Waals surface area contributed by atoms with Crippen molar-refractivity contribution in [2.24, 2.45) is 0 Å². The highest BCUT2D eigenvalue weighted by Gasteiger charge is 2.37. The van der Waals surface area contributed by atoms with Gasteiger partial charge in [-0.25, -0.2) is 4.79 Å². The minimum atomic E-state index is -0.931. The van der Waals surface area contributed by atoms with Gasteiger partial charge in [0.2, 0.25) is 5.91 Å². The van der Waals surface area contributed by atoms with E-state index < -0.39 is 12.0 Å². The smallest absolute Gasteiger partial charge is 0.326 e. The van der Waals surface area contributed by atoms with Crippen LogP contribution < -0.4 is 0 Å². The zero-order valence-electron chi connectivity index (χ0n) is 11.1. The highest BCUT2D eigenvalue weighted by Crippen LogP contribution is 2.29. The summed E-state index contributed by atoms with van der Waals surface area (Å²) in [6.45, 7) is 1.58. The van der Waals surface area contributed by atoms with E-state index in [2.05, 4.69) is 0 Å². The largest absolute Gasteiger partial charge is 0.480 e. The average Bonchev–Trinajstić information content (AvgIpc) is 3.22. The van der Waals surface area contributed by atoms with Crippen LogP contribution in [0.2, 0.25) is 0 Å². The van der Waals surface area contributed by atoms with Crippen LogP contribution in [0.1, 0.15) is 31.7 Å². The van der Waals surface area contributed by atoms with Crippen LogP contribution in [0.25, 0.3) is 0 Å². The minimum absolute atomic E-state index is 0.0544. The maximum absolute atomic E-state index is 12.2.